The second-order valence-electron chi connectivity index (χ2n) is 7.12. The Morgan fingerprint density at radius 3 is 2.52 bits per heavy atom. The normalized spacial score (nSPS) is 24.0. The second kappa shape index (κ2) is 7.98. The summed E-state index contributed by atoms with van der Waals surface area (Å²) in [7, 11) is 0. The summed E-state index contributed by atoms with van der Waals surface area (Å²) >= 11 is 0. The average molecular weight is 288 g/mol. The highest BCUT2D eigenvalue weighted by Gasteiger charge is 2.26. The van der Waals surface area contributed by atoms with Crippen molar-refractivity contribution in [3.05, 3.63) is 34.9 Å². The van der Waals surface area contributed by atoms with E-state index >= 15 is 0 Å². The van der Waals surface area contributed by atoms with Crippen LogP contribution in [0.2, 0.25) is 0 Å². The Morgan fingerprint density at radius 1 is 1.14 bits per heavy atom. The van der Waals surface area contributed by atoms with Crippen LogP contribution >= 0.6 is 0 Å². The van der Waals surface area contributed by atoms with Gasteiger partial charge >= 0.3 is 0 Å². The van der Waals surface area contributed by atoms with Crippen molar-refractivity contribution in [3.63, 3.8) is 0 Å². The third-order valence-electron chi connectivity index (χ3n) is 5.34. The molecule has 0 spiro atoms. The first-order chi connectivity index (χ1) is 10.1. The Morgan fingerprint density at radius 2 is 1.86 bits per heavy atom. The molecule has 1 aromatic rings. The lowest BCUT2D eigenvalue weighted by atomic mass is 9.76. The van der Waals surface area contributed by atoms with Gasteiger partial charge in [-0.15, -0.1) is 0 Å². The van der Waals surface area contributed by atoms with Crippen LogP contribution in [0.25, 0.3) is 0 Å². The summed E-state index contributed by atoms with van der Waals surface area (Å²) in [5.74, 6) is 1.44. The number of aliphatic hydroxyl groups is 1. The molecule has 0 aliphatic heterocycles. The van der Waals surface area contributed by atoms with Gasteiger partial charge < -0.3 is 5.11 Å². The van der Waals surface area contributed by atoms with Gasteiger partial charge in [0.2, 0.25) is 0 Å². The van der Waals surface area contributed by atoms with E-state index in [1.165, 1.54) is 61.6 Å². The Labute approximate surface area is 130 Å². The predicted octanol–water partition coefficient (Wildman–Crippen LogP) is 5.20. The number of hydrogen-bond donors (Lipinski definition) is 1. The maximum absolute atomic E-state index is 10.6. The lowest BCUT2D eigenvalue weighted by Gasteiger charge is -2.32. The van der Waals surface area contributed by atoms with E-state index in [4.69, 9.17) is 0 Å². The molecule has 1 unspecified atom stereocenters. The molecule has 1 atom stereocenters. The van der Waals surface area contributed by atoms with Gasteiger partial charge in [0.05, 0.1) is 6.10 Å². The lowest BCUT2D eigenvalue weighted by molar-refractivity contribution is 0.0725. The van der Waals surface area contributed by atoms with E-state index < -0.39 is 0 Å². The maximum Gasteiger partial charge on any atom is 0.0608 e. The van der Waals surface area contributed by atoms with E-state index in [1.54, 1.807) is 0 Å². The van der Waals surface area contributed by atoms with Gasteiger partial charge in [-0.1, -0.05) is 62.8 Å². The zero-order chi connectivity index (χ0) is 15.2. The molecule has 1 aliphatic carbocycles. The highest BCUT2D eigenvalue weighted by molar-refractivity contribution is 5.31. The minimum Gasteiger partial charge on any atom is -0.392 e. The molecule has 118 valence electrons. The van der Waals surface area contributed by atoms with Crippen molar-refractivity contribution in [3.8, 4) is 0 Å². The third kappa shape index (κ3) is 4.85. The summed E-state index contributed by atoms with van der Waals surface area (Å²) < 4.78 is 0. The fraction of sp³-hybridized carbons (Fsp3) is 0.700. The molecule has 1 heteroatoms. The van der Waals surface area contributed by atoms with Gasteiger partial charge in [-0.3, -0.25) is 0 Å². The van der Waals surface area contributed by atoms with E-state index in [0.717, 1.165) is 12.3 Å². The minimum atomic E-state index is -0.155. The van der Waals surface area contributed by atoms with Gasteiger partial charge in [0, 0.05) is 0 Å². The highest BCUT2D eigenvalue weighted by Crippen LogP contribution is 2.34. The second-order valence-corrected chi connectivity index (χ2v) is 7.12. The molecule has 0 aromatic heterocycles. The summed E-state index contributed by atoms with van der Waals surface area (Å²) in [6.07, 6.45) is 9.87. The topological polar surface area (TPSA) is 20.2 Å². The molecule has 1 N–H and O–H groups in total. The third-order valence-corrected chi connectivity index (χ3v) is 5.34. The molecule has 1 saturated carbocycles. The Kier molecular flexibility index (Phi) is 6.29. The zero-order valence-electron chi connectivity index (χ0n) is 14.1. The fourth-order valence-electron chi connectivity index (χ4n) is 3.77. The molecular weight excluding hydrogens is 256 g/mol. The first-order valence-corrected chi connectivity index (χ1v) is 8.84. The van der Waals surface area contributed by atoms with Crippen LogP contribution in [0.4, 0.5) is 0 Å². The molecule has 0 saturated heterocycles. The van der Waals surface area contributed by atoms with Crippen LogP contribution in [-0.2, 0) is 6.42 Å². The molecule has 2 rings (SSSR count). The molecule has 1 nitrogen and oxygen atoms in total. The van der Waals surface area contributed by atoms with Crippen LogP contribution in [-0.4, -0.2) is 11.2 Å². The van der Waals surface area contributed by atoms with Gasteiger partial charge in [0.25, 0.3) is 0 Å². The average Bonchev–Trinajstić information content (AvgIpc) is 2.49. The lowest BCUT2D eigenvalue weighted by Crippen LogP contribution is -2.27. The van der Waals surface area contributed by atoms with Crippen LogP contribution < -0.4 is 0 Å². The predicted molar refractivity (Wildman–Crippen MR) is 90.6 cm³/mol. The molecule has 0 amide bonds. The van der Waals surface area contributed by atoms with Gasteiger partial charge in [0.15, 0.2) is 0 Å². The Hall–Kier alpha value is -0.820. The van der Waals surface area contributed by atoms with E-state index in [1.807, 2.05) is 0 Å². The first-order valence-electron chi connectivity index (χ1n) is 8.84. The van der Waals surface area contributed by atoms with Crippen LogP contribution in [0.3, 0.4) is 0 Å². The van der Waals surface area contributed by atoms with E-state index in [9.17, 15) is 5.11 Å². The molecular formula is C20H32O. The molecule has 1 fully saturated rings. The quantitative estimate of drug-likeness (QED) is 0.762. The Bertz CT molecular complexity index is 429. The smallest absolute Gasteiger partial charge is 0.0608 e. The summed E-state index contributed by atoms with van der Waals surface area (Å²) in [5, 5.41) is 10.6. The molecule has 21 heavy (non-hydrogen) atoms. The molecule has 1 aliphatic rings. The van der Waals surface area contributed by atoms with E-state index in [0.29, 0.717) is 5.92 Å². The number of benzene rings is 1. The minimum absolute atomic E-state index is 0.155. The number of hydrogen-bond acceptors (Lipinski definition) is 1. The Balaban J connectivity index is 1.84. The fourth-order valence-corrected chi connectivity index (χ4v) is 3.77. The van der Waals surface area contributed by atoms with Crippen molar-refractivity contribution in [1.29, 1.82) is 0 Å². The van der Waals surface area contributed by atoms with Crippen LogP contribution in [0.5, 0.6) is 0 Å². The maximum atomic E-state index is 10.6. The summed E-state index contributed by atoms with van der Waals surface area (Å²) in [6.45, 7) is 6.57. The summed E-state index contributed by atoms with van der Waals surface area (Å²) in [4.78, 5) is 0. The van der Waals surface area contributed by atoms with Crippen molar-refractivity contribution < 1.29 is 5.11 Å². The van der Waals surface area contributed by atoms with Crippen molar-refractivity contribution in [2.75, 3.05) is 0 Å². The van der Waals surface area contributed by atoms with Crippen LogP contribution in [0.15, 0.2) is 18.2 Å². The zero-order valence-corrected chi connectivity index (χ0v) is 14.1. The summed E-state index contributed by atoms with van der Waals surface area (Å²) in [5.41, 5.74) is 3.94. The van der Waals surface area contributed by atoms with Crippen molar-refractivity contribution >= 4 is 0 Å². The number of aliphatic hydroxyl groups excluding tert-OH is 1. The van der Waals surface area contributed by atoms with Gasteiger partial charge in [-0.05, 0) is 56.1 Å². The molecule has 0 bridgehead atoms. The van der Waals surface area contributed by atoms with Crippen LogP contribution in [0, 0.1) is 25.7 Å². The number of aryl methyl sites for hydroxylation is 2. The van der Waals surface area contributed by atoms with E-state index in [2.05, 4.69) is 39.0 Å². The van der Waals surface area contributed by atoms with Crippen molar-refractivity contribution in [2.45, 2.75) is 78.2 Å². The van der Waals surface area contributed by atoms with Crippen molar-refractivity contribution in [2.24, 2.45) is 11.8 Å². The highest BCUT2D eigenvalue weighted by atomic mass is 16.3. The van der Waals surface area contributed by atoms with Crippen LogP contribution in [0.1, 0.15) is 68.6 Å². The number of unbranched alkanes of at least 4 members (excludes halogenated alkanes) is 1. The monoisotopic (exact) mass is 288 g/mol. The molecule has 0 heterocycles. The standard InChI is InChI=1S/C20H32O/c1-4-5-6-17-9-11-18(12-10-17)20(21)14-19-13-15(2)7-8-16(19)3/h7-8,13,17-18,20-21H,4-6,9-12,14H2,1-3H3. The van der Waals surface area contributed by atoms with E-state index in [-0.39, 0.29) is 6.10 Å². The number of rotatable bonds is 6. The first kappa shape index (κ1) is 16.5. The molecule has 1 aromatic carbocycles. The van der Waals surface area contributed by atoms with Gasteiger partial charge in [-0.2, -0.15) is 0 Å². The largest absolute Gasteiger partial charge is 0.392 e. The summed E-state index contributed by atoms with van der Waals surface area (Å²) in [6, 6.07) is 6.58. The van der Waals surface area contributed by atoms with Gasteiger partial charge in [0.1, 0.15) is 0 Å². The molecule has 0 radical (unpaired) electrons. The van der Waals surface area contributed by atoms with Gasteiger partial charge in [-0.25, -0.2) is 0 Å². The van der Waals surface area contributed by atoms with Crippen molar-refractivity contribution in [1.82, 2.24) is 0 Å². The SMILES string of the molecule is CCCCC1CCC(C(O)Cc2cc(C)ccc2C)CC1.